The number of ether oxygens (including phenoxy) is 2. The molecule has 8 rings (SSSR count). The Morgan fingerprint density at radius 3 is 2.25 bits per heavy atom. The number of nitrogens with zero attached hydrogens (tertiary/aromatic N) is 4. The fourth-order valence-electron chi connectivity index (χ4n) is 8.14. The summed E-state index contributed by atoms with van der Waals surface area (Å²) in [6.45, 7) is -0.00515. The van der Waals surface area contributed by atoms with Crippen molar-refractivity contribution in [3.63, 3.8) is 0 Å². The molecule has 1 saturated heterocycles. The minimum absolute atomic E-state index is 0.00515. The van der Waals surface area contributed by atoms with E-state index in [1.807, 2.05) is 6.08 Å². The van der Waals surface area contributed by atoms with Crippen LogP contribution in [0.1, 0.15) is 29.5 Å². The summed E-state index contributed by atoms with van der Waals surface area (Å²) in [6.07, 6.45) is 1.78. The third-order valence-corrected chi connectivity index (χ3v) is 11.0. The first kappa shape index (κ1) is 33.4. The number of phenols is 1. The number of rotatable bonds is 7. The number of para-hydroxylation sites is 1. The first-order chi connectivity index (χ1) is 25.1. The number of methoxy groups -OCH3 is 2. The third-order valence-electron chi connectivity index (χ3n) is 10.4. The molecule has 3 aliphatic rings. The molecule has 0 radical (unpaired) electrons. The van der Waals surface area contributed by atoms with Gasteiger partial charge in [0.15, 0.2) is 0 Å². The summed E-state index contributed by atoms with van der Waals surface area (Å²) in [5.74, 6) is -2.56. The molecule has 12 nitrogen and oxygen atoms in total. The molecule has 0 spiro atoms. The van der Waals surface area contributed by atoms with E-state index in [4.69, 9.17) is 32.7 Å². The van der Waals surface area contributed by atoms with Gasteiger partial charge in [0.25, 0.3) is 11.8 Å². The minimum atomic E-state index is -1.67. The highest BCUT2D eigenvalue weighted by molar-refractivity contribution is 6.36. The van der Waals surface area contributed by atoms with Crippen molar-refractivity contribution in [2.45, 2.75) is 30.3 Å². The van der Waals surface area contributed by atoms with Gasteiger partial charge in [0, 0.05) is 16.5 Å². The predicted molar refractivity (Wildman–Crippen MR) is 194 cm³/mol. The number of hydrogen-bond acceptors (Lipinski definition) is 8. The maximum Gasteiger partial charge on any atom is 0.352 e. The van der Waals surface area contributed by atoms with Crippen LogP contribution in [0.2, 0.25) is 10.0 Å². The largest absolute Gasteiger partial charge is 0.508 e. The number of phenolic OH excluding ortho intramolecular Hbond substituents is 1. The Bertz CT molecular complexity index is 2420. The summed E-state index contributed by atoms with van der Waals surface area (Å²) in [4.78, 5) is 58.4. The Labute approximate surface area is 306 Å². The van der Waals surface area contributed by atoms with Gasteiger partial charge in [0.2, 0.25) is 0 Å². The highest BCUT2D eigenvalue weighted by Crippen LogP contribution is 2.63. The average Bonchev–Trinajstić information content (AvgIpc) is 3.54. The van der Waals surface area contributed by atoms with E-state index < -0.39 is 46.5 Å². The van der Waals surface area contributed by atoms with Crippen LogP contribution in [-0.4, -0.2) is 50.1 Å². The van der Waals surface area contributed by atoms with Crippen LogP contribution < -0.4 is 26.3 Å². The molecular formula is C38H31Cl2N5O7. The number of fused-ring (bicyclic) bond motifs is 4. The number of hydrogen-bond donors (Lipinski definition) is 2. The van der Waals surface area contributed by atoms with Crippen molar-refractivity contribution in [1.82, 2.24) is 18.9 Å². The molecule has 2 N–H and O–H groups in total. The number of carbonyl (C=O) groups is 2. The zero-order chi connectivity index (χ0) is 36.5. The van der Waals surface area contributed by atoms with Crippen molar-refractivity contribution >= 4 is 40.7 Å². The summed E-state index contributed by atoms with van der Waals surface area (Å²) in [7, 11) is 3.01. The topological polar surface area (TPSA) is 137 Å². The van der Waals surface area contributed by atoms with Crippen LogP contribution >= 0.6 is 23.2 Å². The van der Waals surface area contributed by atoms with Crippen LogP contribution in [-0.2, 0) is 21.5 Å². The molecule has 0 unspecified atom stereocenters. The van der Waals surface area contributed by atoms with Crippen LogP contribution in [0.15, 0.2) is 112 Å². The maximum atomic E-state index is 15.4. The fourth-order valence-corrected chi connectivity index (χ4v) is 8.59. The summed E-state index contributed by atoms with van der Waals surface area (Å²) in [6, 6.07) is 23.9. The molecule has 4 aromatic carbocycles. The molecule has 52 heavy (non-hydrogen) atoms. The molecule has 3 heterocycles. The van der Waals surface area contributed by atoms with Crippen molar-refractivity contribution in [2.75, 3.05) is 19.6 Å². The summed E-state index contributed by atoms with van der Waals surface area (Å²) in [5, 5.41) is 13.1. The number of aromatic hydroxyl groups is 1. The van der Waals surface area contributed by atoms with E-state index in [0.29, 0.717) is 38.9 Å². The van der Waals surface area contributed by atoms with Gasteiger partial charge in [-0.3, -0.25) is 15.0 Å². The van der Waals surface area contributed by atoms with Gasteiger partial charge in [0.1, 0.15) is 17.2 Å². The van der Waals surface area contributed by atoms with E-state index in [1.165, 1.54) is 35.7 Å². The van der Waals surface area contributed by atoms with Gasteiger partial charge >= 0.3 is 11.4 Å². The first-order valence-corrected chi connectivity index (χ1v) is 17.2. The molecule has 0 bridgehead atoms. The normalized spacial score (nSPS) is 22.0. The van der Waals surface area contributed by atoms with Crippen LogP contribution in [0, 0.1) is 5.92 Å². The van der Waals surface area contributed by atoms with E-state index in [2.05, 4.69) is 5.43 Å². The van der Waals surface area contributed by atoms with Crippen LogP contribution in [0.3, 0.4) is 0 Å². The number of benzene rings is 4. The first-order valence-electron chi connectivity index (χ1n) is 16.4. The molecule has 14 heteroatoms. The number of amides is 2. The lowest BCUT2D eigenvalue weighted by atomic mass is 9.53. The van der Waals surface area contributed by atoms with Gasteiger partial charge in [-0.05, 0) is 78.2 Å². The van der Waals surface area contributed by atoms with Gasteiger partial charge < -0.3 is 14.6 Å². The lowest BCUT2D eigenvalue weighted by Gasteiger charge is -2.49. The van der Waals surface area contributed by atoms with Crippen LogP contribution in [0.25, 0.3) is 5.69 Å². The smallest absolute Gasteiger partial charge is 0.352 e. The van der Waals surface area contributed by atoms with Gasteiger partial charge in [-0.25, -0.2) is 23.5 Å². The summed E-state index contributed by atoms with van der Waals surface area (Å²) >= 11 is 12.7. The maximum absolute atomic E-state index is 15.4. The number of halogens is 2. The van der Waals surface area contributed by atoms with Gasteiger partial charge in [-0.15, -0.1) is 0 Å². The molecule has 1 aliphatic carbocycles. The molecule has 1 aromatic heterocycles. The second-order valence-corrected chi connectivity index (χ2v) is 13.7. The average molecular weight is 741 g/mol. The van der Waals surface area contributed by atoms with E-state index >= 15 is 4.79 Å². The fraction of sp³-hybridized carbons (Fsp3) is 0.211. The Hall–Kier alpha value is -5.72. The summed E-state index contributed by atoms with van der Waals surface area (Å²) < 4.78 is 14.8. The minimum Gasteiger partial charge on any atom is -0.508 e. The number of nitrogens with one attached hydrogen (secondary N) is 1. The SMILES string of the molecule is COc1ccc([C@@]23C(=O)N(Nc4ccc(Cl)cc4Cl)C(=O)[C@@H]2C[C@@H]2C(=CCn4c(=O)n(-c5ccccc5)c(=O)n42)[C@@H]3c2cc(OC)ccc2O)cc1. The van der Waals surface area contributed by atoms with E-state index in [0.717, 1.165) is 9.58 Å². The Kier molecular flexibility index (Phi) is 8.03. The van der Waals surface area contributed by atoms with E-state index in [1.54, 1.807) is 78.9 Å². The monoisotopic (exact) mass is 739 g/mol. The third kappa shape index (κ3) is 4.81. The van der Waals surface area contributed by atoms with E-state index in [-0.39, 0.29) is 29.4 Å². The molecular weight excluding hydrogens is 709 g/mol. The number of aromatic nitrogens is 3. The van der Waals surface area contributed by atoms with Crippen molar-refractivity contribution in [1.29, 1.82) is 0 Å². The Balaban J connectivity index is 1.40. The van der Waals surface area contributed by atoms with Gasteiger partial charge in [0.05, 0.1) is 54.5 Å². The number of allylic oxidation sites excluding steroid dienone is 2. The van der Waals surface area contributed by atoms with Crippen molar-refractivity contribution in [3.05, 3.63) is 145 Å². The Morgan fingerprint density at radius 1 is 0.846 bits per heavy atom. The number of hydrazine groups is 1. The predicted octanol–water partition coefficient (Wildman–Crippen LogP) is 5.45. The second-order valence-electron chi connectivity index (χ2n) is 12.8. The second kappa shape index (κ2) is 12.5. The zero-order valence-corrected chi connectivity index (χ0v) is 29.3. The highest BCUT2D eigenvalue weighted by atomic mass is 35.5. The Morgan fingerprint density at radius 2 is 1.56 bits per heavy atom. The number of carbonyl (C=O) groups excluding carboxylic acids is 2. The standard InChI is InChI=1S/C38H31Cl2N5O7/c1-51-24-11-8-21(9-12-24)38-28(34(47)44(35(38)48)41-30-14-10-22(39)18-29(30)40)20-31-26(33(38)27-19-25(52-2)13-15-32(27)46)16-17-42-36(49)43(37(50)45(31)42)23-6-4-3-5-7-23/h3-16,18-19,28,31,33,41,46H,17,20H2,1-2H3/t28-,31+,33+,38+/m0/s1. The molecule has 5 aromatic rings. The molecule has 2 aliphatic heterocycles. The highest BCUT2D eigenvalue weighted by Gasteiger charge is 2.69. The quantitative estimate of drug-likeness (QED) is 0.166. The lowest BCUT2D eigenvalue weighted by molar-refractivity contribution is -0.138. The van der Waals surface area contributed by atoms with Crippen molar-refractivity contribution in [3.8, 4) is 22.9 Å². The number of anilines is 1. The summed E-state index contributed by atoms with van der Waals surface area (Å²) in [5.41, 5.74) is 2.14. The molecule has 1 saturated carbocycles. The molecule has 4 atom stereocenters. The molecule has 2 amide bonds. The van der Waals surface area contributed by atoms with Gasteiger partial charge in [-0.1, -0.05) is 59.6 Å². The lowest BCUT2D eigenvalue weighted by Crippen LogP contribution is -2.53. The zero-order valence-electron chi connectivity index (χ0n) is 27.8. The van der Waals surface area contributed by atoms with Crippen LogP contribution in [0.4, 0.5) is 5.69 Å². The van der Waals surface area contributed by atoms with Gasteiger partial charge in [-0.2, -0.15) is 5.01 Å². The molecule has 264 valence electrons. The number of imide groups is 1. The van der Waals surface area contributed by atoms with Crippen molar-refractivity contribution < 1.29 is 24.2 Å². The van der Waals surface area contributed by atoms with Crippen LogP contribution in [0.5, 0.6) is 17.2 Å². The van der Waals surface area contributed by atoms with Crippen molar-refractivity contribution in [2.24, 2.45) is 5.92 Å². The molecule has 2 fully saturated rings. The van der Waals surface area contributed by atoms with E-state index in [9.17, 15) is 19.5 Å².